The van der Waals surface area contributed by atoms with Gasteiger partial charge in [-0.25, -0.2) is 4.39 Å². The first-order valence-electron chi connectivity index (χ1n) is 5.94. The highest BCUT2D eigenvalue weighted by Gasteiger charge is 2.05. The molecule has 0 amide bonds. The van der Waals surface area contributed by atoms with Crippen molar-refractivity contribution in [1.29, 1.82) is 0 Å². The molecule has 0 bridgehead atoms. The van der Waals surface area contributed by atoms with Crippen LogP contribution >= 0.6 is 15.9 Å². The van der Waals surface area contributed by atoms with Crippen LogP contribution in [-0.2, 0) is 0 Å². The molecule has 1 heterocycles. The van der Waals surface area contributed by atoms with Crippen LogP contribution in [0.4, 0.5) is 4.39 Å². The van der Waals surface area contributed by atoms with Gasteiger partial charge in [0.05, 0.1) is 11.7 Å². The van der Waals surface area contributed by atoms with Gasteiger partial charge in [-0.05, 0) is 39.7 Å². The SMILES string of the molecule is C=C/C=C\C(=C)COc1cnc2c(Br)cc(F)cc2c1. The molecule has 0 aliphatic heterocycles. The average molecular weight is 334 g/mol. The number of benzene rings is 1. The Morgan fingerprint density at radius 2 is 2.20 bits per heavy atom. The predicted molar refractivity (Wildman–Crippen MR) is 83.4 cm³/mol. The van der Waals surface area contributed by atoms with Gasteiger partial charge in [0.2, 0.25) is 0 Å². The lowest BCUT2D eigenvalue weighted by Gasteiger charge is -2.07. The van der Waals surface area contributed by atoms with Crippen LogP contribution in [-0.4, -0.2) is 11.6 Å². The van der Waals surface area contributed by atoms with E-state index < -0.39 is 0 Å². The van der Waals surface area contributed by atoms with Crippen molar-refractivity contribution in [3.05, 3.63) is 71.6 Å². The van der Waals surface area contributed by atoms with E-state index in [2.05, 4.69) is 34.1 Å². The molecular weight excluding hydrogens is 321 g/mol. The van der Waals surface area contributed by atoms with Gasteiger partial charge in [0.15, 0.2) is 0 Å². The second-order valence-corrected chi connectivity index (χ2v) is 5.03. The summed E-state index contributed by atoms with van der Waals surface area (Å²) < 4.78 is 19.5. The van der Waals surface area contributed by atoms with E-state index in [1.807, 2.05) is 6.08 Å². The van der Waals surface area contributed by atoms with E-state index in [1.54, 1.807) is 24.4 Å². The Morgan fingerprint density at radius 1 is 1.40 bits per heavy atom. The second kappa shape index (κ2) is 6.48. The summed E-state index contributed by atoms with van der Waals surface area (Å²) >= 11 is 3.29. The first-order valence-corrected chi connectivity index (χ1v) is 6.74. The molecule has 0 radical (unpaired) electrons. The Labute approximate surface area is 125 Å². The molecule has 2 rings (SSSR count). The molecule has 0 saturated carbocycles. The largest absolute Gasteiger partial charge is 0.487 e. The van der Waals surface area contributed by atoms with Crippen molar-refractivity contribution in [2.45, 2.75) is 0 Å². The number of fused-ring (bicyclic) bond motifs is 1. The summed E-state index contributed by atoms with van der Waals surface area (Å²) in [5, 5.41) is 0.682. The minimum Gasteiger partial charge on any atom is -0.487 e. The van der Waals surface area contributed by atoms with Crippen molar-refractivity contribution in [1.82, 2.24) is 4.98 Å². The average Bonchev–Trinajstić information content (AvgIpc) is 2.42. The minimum atomic E-state index is -0.318. The van der Waals surface area contributed by atoms with Crippen LogP contribution in [0.2, 0.25) is 0 Å². The van der Waals surface area contributed by atoms with Gasteiger partial charge >= 0.3 is 0 Å². The van der Waals surface area contributed by atoms with Crippen LogP contribution in [0.5, 0.6) is 5.75 Å². The molecule has 4 heteroatoms. The van der Waals surface area contributed by atoms with Gasteiger partial charge in [0, 0.05) is 9.86 Å². The number of pyridine rings is 1. The zero-order valence-corrected chi connectivity index (χ0v) is 12.4. The normalized spacial score (nSPS) is 10.9. The van der Waals surface area contributed by atoms with Gasteiger partial charge in [-0.1, -0.05) is 31.4 Å². The topological polar surface area (TPSA) is 22.1 Å². The number of rotatable bonds is 5. The van der Waals surface area contributed by atoms with Crippen molar-refractivity contribution >= 4 is 26.8 Å². The molecule has 102 valence electrons. The highest BCUT2D eigenvalue weighted by molar-refractivity contribution is 9.10. The Kier molecular flexibility index (Phi) is 4.69. The van der Waals surface area contributed by atoms with E-state index in [9.17, 15) is 4.39 Å². The summed E-state index contributed by atoms with van der Waals surface area (Å²) in [6.07, 6.45) is 6.88. The fourth-order valence-corrected chi connectivity index (χ4v) is 2.21. The summed E-state index contributed by atoms with van der Waals surface area (Å²) in [6, 6.07) is 4.56. The van der Waals surface area contributed by atoms with Crippen LogP contribution in [0.25, 0.3) is 10.9 Å². The number of aromatic nitrogens is 1. The van der Waals surface area contributed by atoms with Crippen LogP contribution in [0.15, 0.2) is 65.8 Å². The molecule has 20 heavy (non-hydrogen) atoms. The first kappa shape index (κ1) is 14.5. The summed E-state index contributed by atoms with van der Waals surface area (Å²) in [4.78, 5) is 4.26. The molecule has 0 spiro atoms. The number of nitrogens with zero attached hydrogens (tertiary/aromatic N) is 1. The molecule has 0 atom stereocenters. The van der Waals surface area contributed by atoms with Crippen molar-refractivity contribution in [3.8, 4) is 5.75 Å². The minimum absolute atomic E-state index is 0.318. The fraction of sp³-hybridized carbons (Fsp3) is 0.0625. The molecule has 0 aliphatic rings. The van der Waals surface area contributed by atoms with Gasteiger partial charge in [0.1, 0.15) is 18.2 Å². The van der Waals surface area contributed by atoms with Gasteiger partial charge in [0.25, 0.3) is 0 Å². The molecule has 2 aromatic rings. The molecule has 0 N–H and O–H groups in total. The van der Waals surface area contributed by atoms with Crippen LogP contribution in [0, 0.1) is 5.82 Å². The van der Waals surface area contributed by atoms with E-state index >= 15 is 0 Å². The Balaban J connectivity index is 2.18. The van der Waals surface area contributed by atoms with E-state index in [0.717, 1.165) is 5.57 Å². The smallest absolute Gasteiger partial charge is 0.138 e. The molecule has 0 saturated heterocycles. The lowest BCUT2D eigenvalue weighted by atomic mass is 10.2. The third-order valence-electron chi connectivity index (χ3n) is 2.57. The van der Waals surface area contributed by atoms with Crippen molar-refractivity contribution in [2.24, 2.45) is 0 Å². The maximum Gasteiger partial charge on any atom is 0.138 e. The van der Waals surface area contributed by atoms with Gasteiger partial charge in [-0.15, -0.1) is 0 Å². The molecule has 1 aromatic carbocycles. The standard InChI is InChI=1S/C16H13BrFNO/c1-3-4-5-11(2)10-20-14-7-12-6-13(18)8-15(17)16(12)19-9-14/h3-9H,1-2,10H2/b5-4-. The number of halogens is 2. The zero-order valence-electron chi connectivity index (χ0n) is 10.8. The van der Waals surface area contributed by atoms with Crippen LogP contribution < -0.4 is 4.74 Å². The highest BCUT2D eigenvalue weighted by atomic mass is 79.9. The van der Waals surface area contributed by atoms with Gasteiger partial charge in [-0.3, -0.25) is 4.98 Å². The number of ether oxygens (including phenoxy) is 1. The van der Waals surface area contributed by atoms with Crippen molar-refractivity contribution in [2.75, 3.05) is 6.61 Å². The first-order chi connectivity index (χ1) is 9.60. The van der Waals surface area contributed by atoms with E-state index in [1.165, 1.54) is 12.1 Å². The molecule has 0 fully saturated rings. The predicted octanol–water partition coefficient (Wildman–Crippen LogP) is 4.81. The van der Waals surface area contributed by atoms with E-state index in [-0.39, 0.29) is 5.82 Å². The number of allylic oxidation sites excluding steroid dienone is 2. The van der Waals surface area contributed by atoms with E-state index in [0.29, 0.717) is 27.7 Å². The number of hydrogen-bond acceptors (Lipinski definition) is 2. The Hall–Kier alpha value is -1.94. The fourth-order valence-electron chi connectivity index (χ4n) is 1.66. The summed E-state index contributed by atoms with van der Waals surface area (Å²) in [5.74, 6) is 0.254. The monoisotopic (exact) mass is 333 g/mol. The molecule has 1 aromatic heterocycles. The maximum absolute atomic E-state index is 13.4. The second-order valence-electron chi connectivity index (χ2n) is 4.17. The summed E-state index contributed by atoms with van der Waals surface area (Å²) in [7, 11) is 0. The van der Waals surface area contributed by atoms with Crippen LogP contribution in [0.3, 0.4) is 0 Å². The quantitative estimate of drug-likeness (QED) is 0.732. The van der Waals surface area contributed by atoms with Crippen molar-refractivity contribution < 1.29 is 9.13 Å². The zero-order chi connectivity index (χ0) is 14.5. The summed E-state index contributed by atoms with van der Waals surface area (Å²) in [5.41, 5.74) is 1.51. The van der Waals surface area contributed by atoms with Crippen LogP contribution in [0.1, 0.15) is 0 Å². The molecular formula is C16H13BrFNO. The molecule has 0 aliphatic carbocycles. The third kappa shape index (κ3) is 3.54. The third-order valence-corrected chi connectivity index (χ3v) is 3.17. The lowest BCUT2D eigenvalue weighted by molar-refractivity contribution is 0.355. The highest BCUT2D eigenvalue weighted by Crippen LogP contribution is 2.26. The molecule has 2 nitrogen and oxygen atoms in total. The van der Waals surface area contributed by atoms with Gasteiger partial charge in [-0.2, -0.15) is 0 Å². The Bertz CT molecular complexity index is 694. The van der Waals surface area contributed by atoms with Gasteiger partial charge < -0.3 is 4.74 Å². The molecule has 0 unspecified atom stereocenters. The van der Waals surface area contributed by atoms with Crippen molar-refractivity contribution in [3.63, 3.8) is 0 Å². The van der Waals surface area contributed by atoms with E-state index in [4.69, 9.17) is 4.74 Å². The summed E-state index contributed by atoms with van der Waals surface area (Å²) in [6.45, 7) is 7.77. The number of hydrogen-bond donors (Lipinski definition) is 0. The maximum atomic E-state index is 13.4. The Morgan fingerprint density at radius 3 is 2.95 bits per heavy atom. The lowest BCUT2D eigenvalue weighted by Crippen LogP contribution is -1.99.